The van der Waals surface area contributed by atoms with Crippen LogP contribution in [-0.2, 0) is 18.2 Å². The van der Waals surface area contributed by atoms with E-state index in [1.54, 1.807) is 5.09 Å². The molecule has 6 N–H and O–H groups in total. The van der Waals surface area contributed by atoms with Gasteiger partial charge in [0.2, 0.25) is 0 Å². The summed E-state index contributed by atoms with van der Waals surface area (Å²) >= 11 is 0. The fourth-order valence-electron chi connectivity index (χ4n) is 0.560. The van der Waals surface area contributed by atoms with Gasteiger partial charge in [0.05, 0.1) is 13.2 Å². The average molecular weight is 474 g/mol. The van der Waals surface area contributed by atoms with Crippen LogP contribution in [0.1, 0.15) is 0 Å². The molecule has 1 atom stereocenters. The van der Waals surface area contributed by atoms with Gasteiger partial charge in [-0.05, 0) is 6.16 Å². The van der Waals surface area contributed by atoms with Gasteiger partial charge in [-0.2, -0.15) is 0 Å². The maximum Gasteiger partial charge on any atom is 2.00 e. The summed E-state index contributed by atoms with van der Waals surface area (Å²) in [7, 11) is -7.55. The second-order valence-electron chi connectivity index (χ2n) is 2.66. The summed E-state index contributed by atoms with van der Waals surface area (Å²) in [5.41, 5.74) is 5.07. The van der Waals surface area contributed by atoms with Crippen LogP contribution in [0, 0.1) is 0 Å². The summed E-state index contributed by atoms with van der Waals surface area (Å²) < 4.78 is 29.6. The monoisotopic (exact) mass is 475 g/mol. The largest absolute Gasteiger partial charge is 2.00 e. The van der Waals surface area contributed by atoms with Gasteiger partial charge >= 0.3 is 64.5 Å². The molecule has 21 heavy (non-hydrogen) atoms. The van der Waals surface area contributed by atoms with E-state index in [9.17, 15) is 9.13 Å². The molecule has 0 spiro atoms. The fraction of sp³-hybridized carbons (Fsp3) is 0.600. The Kier molecular flexibility index (Phi) is 16.1. The molecule has 13 nitrogen and oxygen atoms in total. The van der Waals surface area contributed by atoms with E-state index in [2.05, 4.69) is 14.0 Å². The number of carbonyl (C=O) groups excluding carboxylic acids is 1. The van der Waals surface area contributed by atoms with Crippen LogP contribution in [0.15, 0.2) is 4.99 Å². The zero-order valence-electron chi connectivity index (χ0n) is 10.7. The Labute approximate surface area is 159 Å². The maximum absolute atomic E-state index is 10.7. The van der Waals surface area contributed by atoms with Crippen LogP contribution in [0.5, 0.6) is 0 Å². The van der Waals surface area contributed by atoms with Crippen molar-refractivity contribution in [1.82, 2.24) is 5.09 Å². The molecule has 0 radical (unpaired) electrons. The summed E-state index contributed by atoms with van der Waals surface area (Å²) in [6.45, 7) is -0.447. The predicted molar refractivity (Wildman–Crippen MR) is 65.6 cm³/mol. The van der Waals surface area contributed by atoms with Crippen LogP contribution in [0.25, 0.3) is 0 Å². The molecule has 0 saturated carbocycles. The van der Waals surface area contributed by atoms with Crippen molar-refractivity contribution < 1.29 is 47.9 Å². The number of phosphoric acid groups is 1. The van der Waals surface area contributed by atoms with E-state index in [1.165, 1.54) is 0 Å². The van der Waals surface area contributed by atoms with Gasteiger partial charge in [-0.3, -0.25) is 19.1 Å². The first-order chi connectivity index (χ1) is 8.89. The topological polar surface area (TPSA) is 227 Å². The number of hydrogen-bond donors (Lipinski definition) is 5. The molecular formula is C5H13BaN3O10P2. The Morgan fingerprint density at radius 3 is 2.10 bits per heavy atom. The molecular weight excluding hydrogens is 461 g/mol. The average Bonchev–Trinajstić information content (AvgIpc) is 2.21. The van der Waals surface area contributed by atoms with Crippen LogP contribution in [0.2, 0.25) is 0 Å². The number of carbonyl (C=O) groups is 1. The van der Waals surface area contributed by atoms with Crippen molar-refractivity contribution in [2.75, 3.05) is 20.3 Å². The molecule has 0 bridgehead atoms. The second kappa shape index (κ2) is 12.9. The van der Waals surface area contributed by atoms with Crippen LogP contribution in [-0.4, -0.2) is 95.9 Å². The van der Waals surface area contributed by atoms with Crippen LogP contribution < -0.4 is 21.0 Å². The molecule has 16 heteroatoms. The molecule has 0 aromatic rings. The molecule has 0 amide bonds. The van der Waals surface area contributed by atoms with Crippen LogP contribution in [0.4, 0.5) is 4.79 Å². The maximum atomic E-state index is 10.7. The molecule has 0 aliphatic rings. The number of nitrogens with two attached hydrogens (primary N) is 1. The zero-order valence-corrected chi connectivity index (χ0v) is 17.0. The van der Waals surface area contributed by atoms with Gasteiger partial charge in [0.15, 0.2) is 5.96 Å². The van der Waals surface area contributed by atoms with Gasteiger partial charge in [0, 0.05) is 7.11 Å². The summed E-state index contributed by atoms with van der Waals surface area (Å²) in [4.78, 5) is 37.4. The Morgan fingerprint density at radius 2 is 1.76 bits per heavy atom. The molecule has 0 rings (SSSR count). The third kappa shape index (κ3) is 25.7. The van der Waals surface area contributed by atoms with Crippen LogP contribution in [0.3, 0.4) is 0 Å². The Bertz CT molecular complexity index is 421. The van der Waals surface area contributed by atoms with E-state index in [1.807, 2.05) is 0 Å². The minimum atomic E-state index is -4.48. The minimum absolute atomic E-state index is 0. The molecule has 0 saturated heterocycles. The molecule has 0 aliphatic carbocycles. The first-order valence-corrected chi connectivity index (χ1v) is 7.55. The standard InChI is InChI=1S/C4H13N3O7P2.CH2O3.Ba/c1-13-16(11,12)14-3-2-6-4(5)7-15(8,9)10;2-1(3)4;/h2-3H2,1H3,(H,11,12)(H5,5,6,7,8,9,10);(H2,2,3,4);/q;;+2/p-2. The van der Waals surface area contributed by atoms with Gasteiger partial charge in [-0.15, -0.1) is 0 Å². The molecule has 0 aliphatic heterocycles. The minimum Gasteiger partial charge on any atom is -0.652 e. The van der Waals surface area contributed by atoms with Crippen molar-refractivity contribution in [2.45, 2.75) is 0 Å². The van der Waals surface area contributed by atoms with Crippen molar-refractivity contribution in [2.24, 2.45) is 10.7 Å². The zero-order chi connectivity index (χ0) is 16.4. The number of guanidine groups is 1. The predicted octanol–water partition coefficient (Wildman–Crippen LogP) is -4.08. The van der Waals surface area contributed by atoms with Gasteiger partial charge in [0.1, 0.15) is 0 Å². The van der Waals surface area contributed by atoms with Crippen molar-refractivity contribution in [1.29, 1.82) is 0 Å². The number of aliphatic imine (C=N–C) groups is 1. The molecule has 0 fully saturated rings. The number of carboxylic acid groups (broad SMARTS) is 2. The third-order valence-electron chi connectivity index (χ3n) is 1.12. The SMILES string of the molecule is COP(=O)(O)OCCN=C(N)NP(=O)(O)O.O=C([O-])[O-].[Ba+2]. The Morgan fingerprint density at radius 1 is 1.33 bits per heavy atom. The normalized spacial score (nSPS) is 14.0. The smallest absolute Gasteiger partial charge is 0.652 e. The van der Waals surface area contributed by atoms with Crippen LogP contribution >= 0.6 is 15.6 Å². The van der Waals surface area contributed by atoms with Crippen molar-refractivity contribution in [3.8, 4) is 0 Å². The number of hydrogen-bond acceptors (Lipinski definition) is 8. The molecule has 120 valence electrons. The molecule has 1 unspecified atom stereocenters. The van der Waals surface area contributed by atoms with Crippen molar-refractivity contribution in [3.63, 3.8) is 0 Å². The number of nitrogens with one attached hydrogen (secondary N) is 1. The Balaban J connectivity index is -0.000000572. The van der Waals surface area contributed by atoms with Gasteiger partial charge in [0.25, 0.3) is 0 Å². The van der Waals surface area contributed by atoms with Gasteiger partial charge < -0.3 is 35.4 Å². The first-order valence-electron chi connectivity index (χ1n) is 4.44. The van der Waals surface area contributed by atoms with Gasteiger partial charge in [-0.1, -0.05) is 0 Å². The second-order valence-corrected chi connectivity index (χ2v) is 5.53. The first kappa shape index (κ1) is 26.3. The van der Waals surface area contributed by atoms with E-state index < -0.39 is 27.7 Å². The van der Waals surface area contributed by atoms with E-state index in [-0.39, 0.29) is 62.0 Å². The number of rotatable bonds is 6. The number of phosphoric ester groups is 1. The third-order valence-corrected chi connectivity index (χ3v) is 2.61. The molecule has 0 aromatic carbocycles. The van der Waals surface area contributed by atoms with E-state index in [0.717, 1.165) is 7.11 Å². The molecule has 0 heterocycles. The quantitative estimate of drug-likeness (QED) is 0.0814. The Hall–Kier alpha value is 0.371. The summed E-state index contributed by atoms with van der Waals surface area (Å²) in [5.74, 6) is -0.498. The number of nitrogens with zero attached hydrogens (tertiary/aromatic N) is 1. The van der Waals surface area contributed by atoms with Crippen molar-refractivity contribution >= 4 is 76.6 Å². The summed E-state index contributed by atoms with van der Waals surface area (Å²) in [5, 5.41) is 18.3. The van der Waals surface area contributed by atoms with Gasteiger partial charge in [-0.25, -0.2) is 9.13 Å². The summed E-state index contributed by atoms with van der Waals surface area (Å²) in [6, 6.07) is 0. The van der Waals surface area contributed by atoms with E-state index in [0.29, 0.717) is 0 Å². The van der Waals surface area contributed by atoms with E-state index in [4.69, 9.17) is 35.4 Å². The fourth-order valence-corrected chi connectivity index (χ4v) is 1.35. The van der Waals surface area contributed by atoms with Crippen molar-refractivity contribution in [3.05, 3.63) is 0 Å². The summed E-state index contributed by atoms with van der Waals surface area (Å²) in [6.07, 6.45) is -2.33. The van der Waals surface area contributed by atoms with E-state index >= 15 is 0 Å². The molecule has 0 aromatic heterocycles.